The van der Waals surface area contributed by atoms with Gasteiger partial charge >= 0.3 is 0 Å². The number of carbonyl (C=O) groups excluding carboxylic acids is 4. The van der Waals surface area contributed by atoms with Crippen LogP contribution in [0.3, 0.4) is 0 Å². The highest BCUT2D eigenvalue weighted by Crippen LogP contribution is 2.26. The maximum Gasteiger partial charge on any atom is 0.261 e. The van der Waals surface area contributed by atoms with Crippen molar-refractivity contribution < 1.29 is 19.2 Å². The largest absolute Gasteiger partial charge is 0.354 e. The fourth-order valence-electron chi connectivity index (χ4n) is 4.79. The first-order valence-electron chi connectivity index (χ1n) is 13.7. The number of fused-ring (bicyclic) bond motifs is 1. The zero-order valence-electron chi connectivity index (χ0n) is 23.1. The van der Waals surface area contributed by atoms with E-state index < -0.39 is 6.04 Å². The minimum atomic E-state index is -0.794. The van der Waals surface area contributed by atoms with E-state index in [0.717, 1.165) is 11.1 Å². The van der Waals surface area contributed by atoms with Crippen molar-refractivity contribution in [2.75, 3.05) is 13.1 Å². The highest BCUT2D eigenvalue weighted by Gasteiger charge is 2.35. The molecule has 4 rings (SSSR count). The molecule has 1 N–H and O–H groups in total. The summed E-state index contributed by atoms with van der Waals surface area (Å²) in [6.07, 6.45) is 0.613. The zero-order chi connectivity index (χ0) is 29.5. The van der Waals surface area contributed by atoms with Gasteiger partial charge in [0.15, 0.2) is 0 Å². The number of halogens is 2. The molecule has 1 atom stereocenters. The molecule has 0 unspecified atom stereocenters. The number of hydrogen-bond acceptors (Lipinski definition) is 4. The average molecular weight is 595 g/mol. The number of benzene rings is 3. The SMILES string of the molecule is CC(C)CNC(=O)[C@@H](Cc1ccccc1)N(Cc1ccc(Cl)c(Cl)c1)C(=O)CCCN1C(=O)c2ccccc2C1=O. The van der Waals surface area contributed by atoms with Crippen molar-refractivity contribution >= 4 is 46.8 Å². The van der Waals surface area contributed by atoms with E-state index in [4.69, 9.17) is 23.2 Å². The maximum atomic E-state index is 13.8. The van der Waals surface area contributed by atoms with Crippen molar-refractivity contribution in [3.8, 4) is 0 Å². The molecule has 3 aromatic rings. The first-order chi connectivity index (χ1) is 19.7. The molecule has 1 heterocycles. The second kappa shape index (κ2) is 13.8. The summed E-state index contributed by atoms with van der Waals surface area (Å²) in [5.41, 5.74) is 2.38. The van der Waals surface area contributed by atoms with Crippen LogP contribution in [0.4, 0.5) is 0 Å². The molecule has 0 saturated heterocycles. The Bertz CT molecular complexity index is 1390. The molecule has 0 saturated carbocycles. The Balaban J connectivity index is 1.56. The first kappa shape index (κ1) is 30.3. The van der Waals surface area contributed by atoms with Crippen LogP contribution in [0.15, 0.2) is 72.8 Å². The number of nitrogens with one attached hydrogen (secondary N) is 1. The number of carbonyl (C=O) groups is 4. The molecular weight excluding hydrogens is 561 g/mol. The van der Waals surface area contributed by atoms with Crippen LogP contribution in [0.2, 0.25) is 10.0 Å². The van der Waals surface area contributed by atoms with Crippen LogP contribution in [0, 0.1) is 5.92 Å². The highest BCUT2D eigenvalue weighted by atomic mass is 35.5. The lowest BCUT2D eigenvalue weighted by atomic mass is 10.0. The van der Waals surface area contributed by atoms with Crippen LogP contribution >= 0.6 is 23.2 Å². The molecule has 0 radical (unpaired) electrons. The molecule has 0 fully saturated rings. The molecular formula is C32H33Cl2N3O4. The van der Waals surface area contributed by atoms with Crippen LogP contribution in [0.25, 0.3) is 0 Å². The van der Waals surface area contributed by atoms with Gasteiger partial charge in [0.25, 0.3) is 11.8 Å². The molecule has 4 amide bonds. The second-order valence-corrected chi connectivity index (χ2v) is 11.3. The summed E-state index contributed by atoms with van der Waals surface area (Å²) in [7, 11) is 0. The summed E-state index contributed by atoms with van der Waals surface area (Å²) in [4.78, 5) is 55.7. The molecule has 0 spiro atoms. The lowest BCUT2D eigenvalue weighted by Gasteiger charge is -2.32. The van der Waals surface area contributed by atoms with E-state index in [-0.39, 0.29) is 55.5 Å². The lowest BCUT2D eigenvalue weighted by molar-refractivity contribution is -0.141. The number of nitrogens with zero attached hydrogens (tertiary/aromatic N) is 2. The van der Waals surface area contributed by atoms with Crippen molar-refractivity contribution in [2.45, 2.75) is 45.7 Å². The van der Waals surface area contributed by atoms with E-state index in [1.165, 1.54) is 4.90 Å². The van der Waals surface area contributed by atoms with Gasteiger partial charge in [0, 0.05) is 32.5 Å². The van der Waals surface area contributed by atoms with Crippen LogP contribution in [-0.2, 0) is 22.6 Å². The van der Waals surface area contributed by atoms with Crippen molar-refractivity contribution in [3.05, 3.63) is 105 Å². The first-order valence-corrected chi connectivity index (χ1v) is 14.4. The molecule has 0 aliphatic carbocycles. The average Bonchev–Trinajstić information content (AvgIpc) is 3.20. The monoisotopic (exact) mass is 593 g/mol. The van der Waals surface area contributed by atoms with Gasteiger partial charge in [0.05, 0.1) is 21.2 Å². The van der Waals surface area contributed by atoms with Gasteiger partial charge in [0.1, 0.15) is 6.04 Å². The van der Waals surface area contributed by atoms with E-state index in [1.807, 2.05) is 44.2 Å². The predicted octanol–water partition coefficient (Wildman–Crippen LogP) is 5.78. The van der Waals surface area contributed by atoms with Gasteiger partial charge in [-0.1, -0.05) is 85.6 Å². The summed E-state index contributed by atoms with van der Waals surface area (Å²) < 4.78 is 0. The summed E-state index contributed by atoms with van der Waals surface area (Å²) >= 11 is 12.4. The molecule has 7 nitrogen and oxygen atoms in total. The third kappa shape index (κ3) is 7.54. The normalized spacial score (nSPS) is 13.3. The molecule has 1 aliphatic heterocycles. The quantitative estimate of drug-likeness (QED) is 0.270. The molecule has 41 heavy (non-hydrogen) atoms. The van der Waals surface area contributed by atoms with E-state index >= 15 is 0 Å². The number of rotatable bonds is 12. The van der Waals surface area contributed by atoms with Crippen LogP contribution in [0.1, 0.15) is 58.5 Å². The van der Waals surface area contributed by atoms with Gasteiger partial charge in [-0.25, -0.2) is 0 Å². The number of hydrogen-bond donors (Lipinski definition) is 1. The molecule has 3 aromatic carbocycles. The summed E-state index contributed by atoms with van der Waals surface area (Å²) in [6.45, 7) is 4.71. The molecule has 0 bridgehead atoms. The smallest absolute Gasteiger partial charge is 0.261 e. The van der Waals surface area contributed by atoms with E-state index in [2.05, 4.69) is 5.32 Å². The van der Waals surface area contributed by atoms with Crippen molar-refractivity contribution in [3.63, 3.8) is 0 Å². The Morgan fingerprint density at radius 2 is 1.49 bits per heavy atom. The lowest BCUT2D eigenvalue weighted by Crippen LogP contribution is -2.51. The predicted molar refractivity (Wildman–Crippen MR) is 160 cm³/mol. The highest BCUT2D eigenvalue weighted by molar-refractivity contribution is 6.42. The zero-order valence-corrected chi connectivity index (χ0v) is 24.6. The molecule has 214 valence electrons. The Morgan fingerprint density at radius 1 is 0.854 bits per heavy atom. The van der Waals surface area contributed by atoms with Gasteiger partial charge in [-0.3, -0.25) is 24.1 Å². The third-order valence-corrected chi connectivity index (χ3v) is 7.68. The van der Waals surface area contributed by atoms with Gasteiger partial charge in [-0.05, 0) is 47.7 Å². The standard InChI is InChI=1S/C32H33Cl2N3O4/c1-21(2)19-35-30(39)28(18-22-9-4-3-5-10-22)37(20-23-14-15-26(33)27(34)17-23)29(38)13-8-16-36-31(40)24-11-6-7-12-25(24)32(36)41/h3-7,9-12,14-15,17,21,28H,8,13,16,18-20H2,1-2H3,(H,35,39)/t28-/m1/s1. The summed E-state index contributed by atoms with van der Waals surface area (Å²) in [5, 5.41) is 3.74. The molecule has 9 heteroatoms. The number of imide groups is 1. The fourth-order valence-corrected chi connectivity index (χ4v) is 5.11. The van der Waals surface area contributed by atoms with Crippen molar-refractivity contribution in [2.24, 2.45) is 5.92 Å². The topological polar surface area (TPSA) is 86.8 Å². The summed E-state index contributed by atoms with van der Waals surface area (Å²) in [5.74, 6) is -1.01. The van der Waals surface area contributed by atoms with Crippen molar-refractivity contribution in [1.82, 2.24) is 15.1 Å². The van der Waals surface area contributed by atoms with Gasteiger partial charge in [0.2, 0.25) is 11.8 Å². The molecule has 1 aliphatic rings. The Morgan fingerprint density at radius 3 is 2.10 bits per heavy atom. The minimum absolute atomic E-state index is 0.0392. The fraction of sp³-hybridized carbons (Fsp3) is 0.312. The summed E-state index contributed by atoms with van der Waals surface area (Å²) in [6, 6.07) is 20.6. The van der Waals surface area contributed by atoms with E-state index in [1.54, 1.807) is 47.4 Å². The Hall–Kier alpha value is -3.68. The van der Waals surface area contributed by atoms with Gasteiger partial charge in [-0.15, -0.1) is 0 Å². The van der Waals surface area contributed by atoms with Crippen LogP contribution in [-0.4, -0.2) is 52.6 Å². The second-order valence-electron chi connectivity index (χ2n) is 10.5. The van der Waals surface area contributed by atoms with Gasteiger partial charge in [-0.2, -0.15) is 0 Å². The van der Waals surface area contributed by atoms with Crippen LogP contribution in [0.5, 0.6) is 0 Å². The number of amides is 4. The van der Waals surface area contributed by atoms with E-state index in [0.29, 0.717) is 34.1 Å². The van der Waals surface area contributed by atoms with Crippen molar-refractivity contribution in [1.29, 1.82) is 0 Å². The molecule has 0 aromatic heterocycles. The maximum absolute atomic E-state index is 13.8. The van der Waals surface area contributed by atoms with Crippen LogP contribution < -0.4 is 5.32 Å². The third-order valence-electron chi connectivity index (χ3n) is 6.94. The Kier molecular flexibility index (Phi) is 10.2. The van der Waals surface area contributed by atoms with E-state index in [9.17, 15) is 19.2 Å². The Labute approximate surface area is 250 Å². The minimum Gasteiger partial charge on any atom is -0.354 e. The van der Waals surface area contributed by atoms with Gasteiger partial charge < -0.3 is 10.2 Å².